The highest BCUT2D eigenvalue weighted by Gasteiger charge is 2.08. The average Bonchev–Trinajstić information content (AvgIpc) is 2.38. The van der Waals surface area contributed by atoms with Gasteiger partial charge in [0.15, 0.2) is 0 Å². The fourth-order valence-electron chi connectivity index (χ4n) is 1.53. The largest absolute Gasteiger partial charge is 0.491 e. The predicted molar refractivity (Wildman–Crippen MR) is 77.3 cm³/mol. The molecule has 0 aliphatic carbocycles. The summed E-state index contributed by atoms with van der Waals surface area (Å²) in [4.78, 5) is 22.4. The smallest absolute Gasteiger partial charge is 0.224 e. The molecule has 6 heteroatoms. The van der Waals surface area contributed by atoms with Crippen molar-refractivity contribution in [2.75, 3.05) is 11.9 Å². The topological polar surface area (TPSA) is 107 Å². The van der Waals surface area contributed by atoms with Gasteiger partial charge in [0.25, 0.3) is 0 Å². The molecule has 0 aliphatic heterocycles. The van der Waals surface area contributed by atoms with Crippen LogP contribution in [0, 0.1) is 0 Å². The van der Waals surface area contributed by atoms with E-state index >= 15 is 0 Å². The lowest BCUT2D eigenvalue weighted by Gasteiger charge is -2.12. The van der Waals surface area contributed by atoms with E-state index in [-0.39, 0.29) is 25.0 Å². The Morgan fingerprint density at radius 1 is 1.30 bits per heavy atom. The van der Waals surface area contributed by atoms with Gasteiger partial charge in [-0.15, -0.1) is 0 Å². The van der Waals surface area contributed by atoms with Gasteiger partial charge in [-0.25, -0.2) is 0 Å². The Labute approximate surface area is 118 Å². The van der Waals surface area contributed by atoms with Gasteiger partial charge in [-0.05, 0) is 25.5 Å². The zero-order valence-corrected chi connectivity index (χ0v) is 11.6. The molecule has 1 unspecified atom stereocenters. The number of hydrogen-bond donors (Lipinski definition) is 3. The summed E-state index contributed by atoms with van der Waals surface area (Å²) in [5, 5.41) is 2.77. The number of carbonyl (C=O) groups excluding carboxylic acids is 2. The number of rotatable bonds is 8. The van der Waals surface area contributed by atoms with Gasteiger partial charge in [0, 0.05) is 12.5 Å². The fraction of sp³-hybridized carbons (Fsp3) is 0.429. The summed E-state index contributed by atoms with van der Waals surface area (Å²) in [7, 11) is 0. The molecule has 2 amide bonds. The first-order valence-electron chi connectivity index (χ1n) is 6.54. The molecule has 0 fully saturated rings. The predicted octanol–water partition coefficient (Wildman–Crippen LogP) is 1.01. The average molecular weight is 279 g/mol. The molecule has 0 saturated heterocycles. The van der Waals surface area contributed by atoms with E-state index < -0.39 is 5.91 Å². The third-order valence-electron chi connectivity index (χ3n) is 2.59. The second-order valence-corrected chi connectivity index (χ2v) is 4.63. The van der Waals surface area contributed by atoms with E-state index in [0.29, 0.717) is 24.3 Å². The van der Waals surface area contributed by atoms with E-state index in [9.17, 15) is 9.59 Å². The molecule has 0 saturated carbocycles. The molecule has 20 heavy (non-hydrogen) atoms. The van der Waals surface area contributed by atoms with Gasteiger partial charge in [-0.2, -0.15) is 0 Å². The number of nitrogens with one attached hydrogen (secondary N) is 1. The summed E-state index contributed by atoms with van der Waals surface area (Å²) < 4.78 is 5.43. The van der Waals surface area contributed by atoms with Gasteiger partial charge < -0.3 is 21.5 Å². The Balaban J connectivity index is 2.56. The maximum atomic E-state index is 11.8. The Bertz CT molecular complexity index is 461. The van der Waals surface area contributed by atoms with Crippen LogP contribution >= 0.6 is 0 Å². The third kappa shape index (κ3) is 6.19. The number of anilines is 1. The molecule has 0 aliphatic rings. The molecule has 0 bridgehead atoms. The summed E-state index contributed by atoms with van der Waals surface area (Å²) in [6.45, 7) is 2.04. The summed E-state index contributed by atoms with van der Waals surface area (Å²) in [5.41, 5.74) is 11.2. The van der Waals surface area contributed by atoms with E-state index in [4.69, 9.17) is 16.2 Å². The van der Waals surface area contributed by atoms with E-state index in [2.05, 4.69) is 5.32 Å². The molecule has 1 atom stereocenters. The number of hydrogen-bond acceptors (Lipinski definition) is 4. The molecular weight excluding hydrogens is 258 g/mol. The highest BCUT2D eigenvalue weighted by Crippen LogP contribution is 2.24. The molecule has 0 heterocycles. The molecule has 1 aromatic rings. The van der Waals surface area contributed by atoms with Crippen molar-refractivity contribution in [3.05, 3.63) is 24.3 Å². The van der Waals surface area contributed by atoms with Crippen molar-refractivity contribution in [2.24, 2.45) is 11.5 Å². The summed E-state index contributed by atoms with van der Waals surface area (Å²) >= 11 is 0. The number of primary amides is 1. The quantitative estimate of drug-likeness (QED) is 0.660. The van der Waals surface area contributed by atoms with Crippen molar-refractivity contribution in [2.45, 2.75) is 32.2 Å². The Morgan fingerprint density at radius 3 is 2.65 bits per heavy atom. The maximum absolute atomic E-state index is 11.8. The van der Waals surface area contributed by atoms with Gasteiger partial charge in [0.2, 0.25) is 11.8 Å². The minimum absolute atomic E-state index is 0.0113. The van der Waals surface area contributed by atoms with Gasteiger partial charge in [-0.3, -0.25) is 9.59 Å². The van der Waals surface area contributed by atoms with Gasteiger partial charge in [-0.1, -0.05) is 12.1 Å². The van der Waals surface area contributed by atoms with Gasteiger partial charge in [0.1, 0.15) is 5.75 Å². The lowest BCUT2D eigenvalue weighted by molar-refractivity contribution is -0.118. The first-order valence-corrected chi connectivity index (χ1v) is 6.54. The number of para-hydroxylation sites is 2. The maximum Gasteiger partial charge on any atom is 0.224 e. The normalized spacial score (nSPS) is 11.7. The number of nitrogens with two attached hydrogens (primary N) is 2. The second kappa shape index (κ2) is 8.16. The van der Waals surface area contributed by atoms with Crippen LogP contribution in [0.2, 0.25) is 0 Å². The zero-order valence-electron chi connectivity index (χ0n) is 11.6. The van der Waals surface area contributed by atoms with Crippen LogP contribution in [0.5, 0.6) is 5.75 Å². The molecule has 110 valence electrons. The summed E-state index contributed by atoms with van der Waals surface area (Å²) in [5.74, 6) is -0.0281. The molecule has 1 aromatic carbocycles. The molecule has 0 spiro atoms. The number of carbonyl (C=O) groups is 2. The Morgan fingerprint density at radius 2 is 2.00 bits per heavy atom. The molecule has 0 aromatic heterocycles. The lowest BCUT2D eigenvalue weighted by atomic mass is 10.2. The molecular formula is C14H21N3O3. The van der Waals surface area contributed by atoms with E-state index in [1.807, 2.05) is 6.92 Å². The van der Waals surface area contributed by atoms with E-state index in [1.54, 1.807) is 24.3 Å². The Hall–Kier alpha value is -2.08. The van der Waals surface area contributed by atoms with Gasteiger partial charge in [0.05, 0.1) is 18.7 Å². The lowest BCUT2D eigenvalue weighted by Crippen LogP contribution is -2.20. The molecule has 6 nitrogen and oxygen atoms in total. The summed E-state index contributed by atoms with van der Waals surface area (Å²) in [6.07, 6.45) is 1.11. The van der Waals surface area contributed by atoms with E-state index in [1.165, 1.54) is 0 Å². The molecule has 1 rings (SSSR count). The van der Waals surface area contributed by atoms with E-state index in [0.717, 1.165) is 0 Å². The number of amides is 2. The van der Waals surface area contributed by atoms with Crippen LogP contribution in [0.1, 0.15) is 26.2 Å². The highest BCUT2D eigenvalue weighted by atomic mass is 16.5. The van der Waals surface area contributed by atoms with Gasteiger partial charge >= 0.3 is 0 Å². The number of ether oxygens (including phenoxy) is 1. The van der Waals surface area contributed by atoms with Crippen molar-refractivity contribution in [1.29, 1.82) is 0 Å². The highest BCUT2D eigenvalue weighted by molar-refractivity contribution is 5.92. The van der Waals surface area contributed by atoms with Crippen molar-refractivity contribution >= 4 is 17.5 Å². The van der Waals surface area contributed by atoms with Crippen LogP contribution in [0.4, 0.5) is 5.69 Å². The van der Waals surface area contributed by atoms with Crippen molar-refractivity contribution < 1.29 is 14.3 Å². The first kappa shape index (κ1) is 16.0. The van der Waals surface area contributed by atoms with Crippen LogP contribution in [-0.4, -0.2) is 24.5 Å². The third-order valence-corrected chi connectivity index (χ3v) is 2.59. The molecule has 0 radical (unpaired) electrons. The molecule has 5 N–H and O–H groups in total. The Kier molecular flexibility index (Phi) is 6.52. The standard InChI is InChI=1S/C14H21N3O3/c1-10(15)6-7-14(19)17-11-4-2-3-5-12(11)20-9-8-13(16)18/h2-5,10H,6-9,15H2,1H3,(H2,16,18)(H,17,19). The summed E-state index contributed by atoms with van der Waals surface area (Å²) in [6, 6.07) is 7.04. The number of benzene rings is 1. The monoisotopic (exact) mass is 279 g/mol. The van der Waals surface area contributed by atoms with Crippen LogP contribution in [0.3, 0.4) is 0 Å². The second-order valence-electron chi connectivity index (χ2n) is 4.63. The zero-order chi connectivity index (χ0) is 15.0. The van der Waals surface area contributed by atoms with Crippen LogP contribution in [-0.2, 0) is 9.59 Å². The minimum atomic E-state index is -0.427. The van der Waals surface area contributed by atoms with Crippen LogP contribution in [0.25, 0.3) is 0 Å². The first-order chi connectivity index (χ1) is 9.49. The van der Waals surface area contributed by atoms with Crippen LogP contribution < -0.4 is 21.5 Å². The fourth-order valence-corrected chi connectivity index (χ4v) is 1.53. The van der Waals surface area contributed by atoms with Crippen molar-refractivity contribution in [1.82, 2.24) is 0 Å². The van der Waals surface area contributed by atoms with Crippen molar-refractivity contribution in [3.8, 4) is 5.75 Å². The minimum Gasteiger partial charge on any atom is -0.491 e. The van der Waals surface area contributed by atoms with Crippen LogP contribution in [0.15, 0.2) is 24.3 Å². The van der Waals surface area contributed by atoms with Crippen molar-refractivity contribution in [3.63, 3.8) is 0 Å². The SMILES string of the molecule is CC(N)CCC(=O)Nc1ccccc1OCCC(N)=O.